The average molecular weight is 383 g/mol. The monoisotopic (exact) mass is 383 g/mol. The minimum Gasteiger partial charge on any atom is -0.493 e. The zero-order valence-electron chi connectivity index (χ0n) is 16.1. The lowest BCUT2D eigenvalue weighted by atomic mass is 10.1. The van der Waals surface area contributed by atoms with E-state index in [0.29, 0.717) is 49.0 Å². The number of para-hydroxylation sites is 4. The third-order valence-corrected chi connectivity index (χ3v) is 4.61. The van der Waals surface area contributed by atoms with Crippen molar-refractivity contribution in [1.29, 1.82) is 0 Å². The highest BCUT2D eigenvalue weighted by Gasteiger charge is 2.31. The molecule has 2 N–H and O–H groups in total. The molecule has 1 atom stereocenters. The Morgan fingerprint density at radius 1 is 1.07 bits per heavy atom. The maximum atomic E-state index is 12.7. The van der Waals surface area contributed by atoms with Crippen LogP contribution in [0.3, 0.4) is 0 Å². The fourth-order valence-electron chi connectivity index (χ4n) is 3.15. The standard InChI is InChI=1S/C21H25N3O4/c1-3-22-20(25)15-12-13-24(14-15)21(26)23-16-8-4-5-9-17(16)28-19-11-7-6-10-18(19)27-2/h4-11,15H,3,12-14H2,1-2H3,(H,22,25)(H,23,26)/t15-/m1/s1. The van der Waals surface area contributed by atoms with E-state index in [-0.39, 0.29) is 17.9 Å². The molecule has 0 aliphatic carbocycles. The largest absolute Gasteiger partial charge is 0.493 e. The molecule has 0 bridgehead atoms. The van der Waals surface area contributed by atoms with Gasteiger partial charge in [-0.15, -0.1) is 0 Å². The van der Waals surface area contributed by atoms with Crippen molar-refractivity contribution in [2.45, 2.75) is 13.3 Å². The summed E-state index contributed by atoms with van der Waals surface area (Å²) in [5, 5.41) is 5.71. The zero-order chi connectivity index (χ0) is 19.9. The first-order valence-electron chi connectivity index (χ1n) is 9.36. The molecule has 3 rings (SSSR count). The van der Waals surface area contributed by atoms with Crippen molar-refractivity contribution in [1.82, 2.24) is 10.2 Å². The van der Waals surface area contributed by atoms with Crippen molar-refractivity contribution >= 4 is 17.6 Å². The van der Waals surface area contributed by atoms with Crippen LogP contribution >= 0.6 is 0 Å². The van der Waals surface area contributed by atoms with Gasteiger partial charge in [0.15, 0.2) is 17.2 Å². The molecular weight excluding hydrogens is 358 g/mol. The number of carbonyl (C=O) groups is 2. The molecule has 1 heterocycles. The van der Waals surface area contributed by atoms with Gasteiger partial charge >= 0.3 is 6.03 Å². The Morgan fingerprint density at radius 3 is 2.46 bits per heavy atom. The lowest BCUT2D eigenvalue weighted by Gasteiger charge is -2.19. The molecule has 1 fully saturated rings. The topological polar surface area (TPSA) is 79.9 Å². The highest BCUT2D eigenvalue weighted by atomic mass is 16.5. The van der Waals surface area contributed by atoms with Gasteiger partial charge in [-0.3, -0.25) is 4.79 Å². The van der Waals surface area contributed by atoms with E-state index in [9.17, 15) is 9.59 Å². The molecule has 2 aromatic rings. The fourth-order valence-corrected chi connectivity index (χ4v) is 3.15. The fraction of sp³-hybridized carbons (Fsp3) is 0.333. The van der Waals surface area contributed by atoms with Crippen molar-refractivity contribution in [3.63, 3.8) is 0 Å². The van der Waals surface area contributed by atoms with Crippen LogP contribution in [0.25, 0.3) is 0 Å². The first-order chi connectivity index (χ1) is 13.6. The Hall–Kier alpha value is -3.22. The first-order valence-corrected chi connectivity index (χ1v) is 9.36. The number of benzene rings is 2. The second-order valence-corrected chi connectivity index (χ2v) is 6.51. The highest BCUT2D eigenvalue weighted by molar-refractivity contribution is 5.92. The normalized spacial score (nSPS) is 15.8. The van der Waals surface area contributed by atoms with Gasteiger partial charge in [-0.2, -0.15) is 0 Å². The molecule has 0 unspecified atom stereocenters. The van der Waals surface area contributed by atoms with Crippen molar-refractivity contribution in [3.05, 3.63) is 48.5 Å². The maximum absolute atomic E-state index is 12.7. The van der Waals surface area contributed by atoms with Gasteiger partial charge in [-0.1, -0.05) is 24.3 Å². The van der Waals surface area contributed by atoms with Crippen LogP contribution in [0.4, 0.5) is 10.5 Å². The molecule has 1 aliphatic heterocycles. The molecule has 0 saturated carbocycles. The number of nitrogens with one attached hydrogen (secondary N) is 2. The van der Waals surface area contributed by atoms with Crippen LogP contribution in [-0.4, -0.2) is 43.6 Å². The summed E-state index contributed by atoms with van der Waals surface area (Å²) >= 11 is 0. The molecule has 1 aliphatic rings. The van der Waals surface area contributed by atoms with Gasteiger partial charge in [0.1, 0.15) is 0 Å². The lowest BCUT2D eigenvalue weighted by Crippen LogP contribution is -2.36. The van der Waals surface area contributed by atoms with E-state index in [4.69, 9.17) is 9.47 Å². The number of amides is 3. The van der Waals surface area contributed by atoms with Gasteiger partial charge in [0.2, 0.25) is 5.91 Å². The third kappa shape index (κ3) is 4.54. The molecule has 0 radical (unpaired) electrons. The number of carbonyl (C=O) groups excluding carboxylic acids is 2. The quantitative estimate of drug-likeness (QED) is 0.800. The summed E-state index contributed by atoms with van der Waals surface area (Å²) in [6.07, 6.45) is 0.665. The van der Waals surface area contributed by atoms with E-state index in [1.807, 2.05) is 37.3 Å². The number of hydrogen-bond acceptors (Lipinski definition) is 4. The Balaban J connectivity index is 1.68. The van der Waals surface area contributed by atoms with Crippen LogP contribution in [0.5, 0.6) is 17.2 Å². The number of nitrogens with zero attached hydrogens (tertiary/aromatic N) is 1. The van der Waals surface area contributed by atoms with Crippen LogP contribution in [0.1, 0.15) is 13.3 Å². The number of methoxy groups -OCH3 is 1. The van der Waals surface area contributed by atoms with Crippen molar-refractivity contribution in [3.8, 4) is 17.2 Å². The molecule has 1 saturated heterocycles. The maximum Gasteiger partial charge on any atom is 0.321 e. The summed E-state index contributed by atoms with van der Waals surface area (Å²) in [6.45, 7) is 3.43. The van der Waals surface area contributed by atoms with Gasteiger partial charge in [0.25, 0.3) is 0 Å². The van der Waals surface area contributed by atoms with Crippen LogP contribution < -0.4 is 20.1 Å². The van der Waals surface area contributed by atoms with Crippen LogP contribution in [0, 0.1) is 5.92 Å². The second kappa shape index (κ2) is 9.12. The van der Waals surface area contributed by atoms with Crippen molar-refractivity contribution in [2.75, 3.05) is 32.1 Å². The predicted octanol–water partition coefficient (Wildman–Crippen LogP) is 3.48. The van der Waals surface area contributed by atoms with E-state index >= 15 is 0 Å². The van der Waals surface area contributed by atoms with E-state index in [0.717, 1.165) is 0 Å². The predicted molar refractivity (Wildman–Crippen MR) is 107 cm³/mol. The SMILES string of the molecule is CCNC(=O)[C@@H]1CCN(C(=O)Nc2ccccc2Oc2ccccc2OC)C1. The van der Waals surface area contributed by atoms with Gasteiger partial charge in [-0.05, 0) is 37.6 Å². The Labute approximate surface area is 164 Å². The summed E-state index contributed by atoms with van der Waals surface area (Å²) in [5.74, 6) is 1.51. The summed E-state index contributed by atoms with van der Waals surface area (Å²) in [6, 6.07) is 14.3. The summed E-state index contributed by atoms with van der Waals surface area (Å²) in [5.41, 5.74) is 0.555. The summed E-state index contributed by atoms with van der Waals surface area (Å²) < 4.78 is 11.3. The average Bonchev–Trinajstić information content (AvgIpc) is 3.21. The molecule has 2 aromatic carbocycles. The number of ether oxygens (including phenoxy) is 2. The Kier molecular flexibility index (Phi) is 6.37. The van der Waals surface area contributed by atoms with Gasteiger partial charge in [-0.25, -0.2) is 4.79 Å². The molecular formula is C21H25N3O4. The van der Waals surface area contributed by atoms with Crippen LogP contribution in [0.15, 0.2) is 48.5 Å². The van der Waals surface area contributed by atoms with Gasteiger partial charge < -0.3 is 25.0 Å². The Morgan fingerprint density at radius 2 is 1.75 bits per heavy atom. The van der Waals surface area contributed by atoms with Gasteiger partial charge in [0, 0.05) is 19.6 Å². The molecule has 0 spiro atoms. The minimum absolute atomic E-state index is 0.00212. The van der Waals surface area contributed by atoms with E-state index in [1.54, 1.807) is 30.2 Å². The van der Waals surface area contributed by atoms with Crippen molar-refractivity contribution in [2.24, 2.45) is 5.92 Å². The zero-order valence-corrected chi connectivity index (χ0v) is 16.1. The number of anilines is 1. The molecule has 148 valence electrons. The molecule has 7 heteroatoms. The molecule has 7 nitrogen and oxygen atoms in total. The molecule has 0 aromatic heterocycles. The van der Waals surface area contributed by atoms with Crippen LogP contribution in [-0.2, 0) is 4.79 Å². The number of rotatable bonds is 6. The highest BCUT2D eigenvalue weighted by Crippen LogP contribution is 2.35. The number of urea groups is 1. The number of hydrogen-bond donors (Lipinski definition) is 2. The van der Waals surface area contributed by atoms with Crippen LogP contribution in [0.2, 0.25) is 0 Å². The third-order valence-electron chi connectivity index (χ3n) is 4.61. The summed E-state index contributed by atoms with van der Waals surface area (Å²) in [4.78, 5) is 26.3. The minimum atomic E-state index is -0.247. The summed E-state index contributed by atoms with van der Waals surface area (Å²) in [7, 11) is 1.58. The smallest absolute Gasteiger partial charge is 0.321 e. The molecule has 3 amide bonds. The van der Waals surface area contributed by atoms with Gasteiger partial charge in [0.05, 0.1) is 18.7 Å². The van der Waals surface area contributed by atoms with E-state index in [1.165, 1.54) is 0 Å². The van der Waals surface area contributed by atoms with E-state index < -0.39 is 0 Å². The second-order valence-electron chi connectivity index (χ2n) is 6.51. The first kappa shape index (κ1) is 19.5. The number of likely N-dealkylation sites (tertiary alicyclic amines) is 1. The molecule has 28 heavy (non-hydrogen) atoms. The Bertz CT molecular complexity index is 840. The van der Waals surface area contributed by atoms with Crippen molar-refractivity contribution < 1.29 is 19.1 Å². The van der Waals surface area contributed by atoms with E-state index in [2.05, 4.69) is 10.6 Å². The lowest BCUT2D eigenvalue weighted by molar-refractivity contribution is -0.124.